The molecule has 3 heteroatoms. The van der Waals surface area contributed by atoms with Crippen molar-refractivity contribution in [3.8, 4) is 28.1 Å². The highest BCUT2D eigenvalue weighted by Crippen LogP contribution is 2.33. The first-order chi connectivity index (χ1) is 15.8. The van der Waals surface area contributed by atoms with Gasteiger partial charge >= 0.3 is 0 Å². The van der Waals surface area contributed by atoms with Crippen molar-refractivity contribution < 1.29 is 4.74 Å². The number of aryl methyl sites for hydroxylation is 2. The topological polar surface area (TPSA) is 35.0 Å². The summed E-state index contributed by atoms with van der Waals surface area (Å²) in [6, 6.07) is 33.5. The summed E-state index contributed by atoms with van der Waals surface area (Å²) in [6.45, 7) is 0. The molecule has 0 atom stereocenters. The first kappa shape index (κ1) is 20.0. The third kappa shape index (κ3) is 4.23. The molecule has 156 valence electrons. The van der Waals surface area contributed by atoms with E-state index in [1.807, 2.05) is 30.5 Å². The molecule has 0 saturated carbocycles. The molecule has 0 aliphatic heterocycles. The lowest BCUT2D eigenvalue weighted by atomic mass is 9.97. The smallest absolute Gasteiger partial charge is 0.118 e. The van der Waals surface area contributed by atoms with E-state index in [0.29, 0.717) is 0 Å². The molecule has 0 unspecified atom stereocenters. The van der Waals surface area contributed by atoms with Crippen LogP contribution in [0, 0.1) is 0 Å². The summed E-state index contributed by atoms with van der Waals surface area (Å²) in [5.41, 5.74) is 7.65. The molecule has 2 heterocycles. The van der Waals surface area contributed by atoms with E-state index in [2.05, 4.69) is 72.8 Å². The number of benzene rings is 3. The molecule has 0 aliphatic rings. The standard InChI is InChI=1S/C29H24N2O/c1-32-26-16-13-21(14-17-26)12-15-25-18-24-19-27(22-8-4-2-5-9-22)29(31-28(24)20-30-25)23-10-6-3-7-11-23/h2-11,13-14,16-20H,12,15H2,1H3. The normalized spacial score (nSPS) is 10.9. The Labute approximate surface area is 188 Å². The zero-order valence-corrected chi connectivity index (χ0v) is 18.0. The fourth-order valence-corrected chi connectivity index (χ4v) is 3.98. The maximum Gasteiger partial charge on any atom is 0.118 e. The number of aromatic nitrogens is 2. The van der Waals surface area contributed by atoms with Gasteiger partial charge in [-0.2, -0.15) is 0 Å². The van der Waals surface area contributed by atoms with Gasteiger partial charge in [-0.05, 0) is 48.2 Å². The van der Waals surface area contributed by atoms with Gasteiger partial charge in [0.2, 0.25) is 0 Å². The Balaban J connectivity index is 1.51. The minimum Gasteiger partial charge on any atom is -0.497 e. The summed E-state index contributed by atoms with van der Waals surface area (Å²) in [7, 11) is 1.69. The van der Waals surface area contributed by atoms with Crippen LogP contribution in [-0.4, -0.2) is 17.1 Å². The molecule has 32 heavy (non-hydrogen) atoms. The van der Waals surface area contributed by atoms with E-state index in [4.69, 9.17) is 14.7 Å². The van der Waals surface area contributed by atoms with Gasteiger partial charge in [0.15, 0.2) is 0 Å². The highest BCUT2D eigenvalue weighted by atomic mass is 16.5. The lowest BCUT2D eigenvalue weighted by Gasteiger charge is -2.12. The summed E-state index contributed by atoms with van der Waals surface area (Å²) < 4.78 is 5.25. The van der Waals surface area contributed by atoms with Crippen LogP contribution in [0.2, 0.25) is 0 Å². The summed E-state index contributed by atoms with van der Waals surface area (Å²) in [5, 5.41) is 1.11. The van der Waals surface area contributed by atoms with Crippen molar-refractivity contribution in [2.75, 3.05) is 7.11 Å². The molecule has 0 fully saturated rings. The van der Waals surface area contributed by atoms with Crippen LogP contribution in [0.5, 0.6) is 5.75 Å². The molecule has 0 bridgehead atoms. The first-order valence-electron chi connectivity index (χ1n) is 10.8. The molecule has 0 spiro atoms. The SMILES string of the molecule is COc1ccc(CCc2cc3cc(-c4ccccc4)c(-c4ccccc4)nc3cn2)cc1. The molecule has 5 rings (SSSR count). The van der Waals surface area contributed by atoms with Crippen LogP contribution < -0.4 is 4.74 Å². The van der Waals surface area contributed by atoms with Crippen LogP contribution >= 0.6 is 0 Å². The minimum atomic E-state index is 0.878. The van der Waals surface area contributed by atoms with Crippen LogP contribution in [0.25, 0.3) is 33.3 Å². The Kier molecular flexibility index (Phi) is 5.63. The number of nitrogens with zero attached hydrogens (tertiary/aromatic N) is 2. The second-order valence-corrected chi connectivity index (χ2v) is 7.83. The first-order valence-corrected chi connectivity index (χ1v) is 10.8. The van der Waals surface area contributed by atoms with Gasteiger partial charge in [0.05, 0.1) is 24.5 Å². The second kappa shape index (κ2) is 9.03. The van der Waals surface area contributed by atoms with E-state index in [1.54, 1.807) is 7.11 Å². The number of methoxy groups -OCH3 is 1. The van der Waals surface area contributed by atoms with Gasteiger partial charge in [-0.1, -0.05) is 72.8 Å². The van der Waals surface area contributed by atoms with Gasteiger partial charge in [0.25, 0.3) is 0 Å². The van der Waals surface area contributed by atoms with E-state index in [-0.39, 0.29) is 0 Å². The number of ether oxygens (including phenoxy) is 1. The van der Waals surface area contributed by atoms with Crippen molar-refractivity contribution in [3.05, 3.63) is 115 Å². The van der Waals surface area contributed by atoms with Crippen molar-refractivity contribution in [3.63, 3.8) is 0 Å². The highest BCUT2D eigenvalue weighted by Gasteiger charge is 2.12. The molecule has 5 aromatic rings. The molecule has 2 aromatic heterocycles. The fraction of sp³-hybridized carbons (Fsp3) is 0.103. The van der Waals surface area contributed by atoms with Crippen LogP contribution in [0.3, 0.4) is 0 Å². The third-order valence-corrected chi connectivity index (χ3v) is 5.72. The Hall–Kier alpha value is -3.98. The number of fused-ring (bicyclic) bond motifs is 1. The Morgan fingerprint density at radius 1 is 0.719 bits per heavy atom. The van der Waals surface area contributed by atoms with Crippen molar-refractivity contribution in [1.82, 2.24) is 9.97 Å². The van der Waals surface area contributed by atoms with Crippen LogP contribution in [-0.2, 0) is 12.8 Å². The number of rotatable bonds is 6. The lowest BCUT2D eigenvalue weighted by molar-refractivity contribution is 0.414. The van der Waals surface area contributed by atoms with Crippen molar-refractivity contribution in [1.29, 1.82) is 0 Å². The molecule has 3 nitrogen and oxygen atoms in total. The van der Waals surface area contributed by atoms with Crippen molar-refractivity contribution >= 4 is 10.9 Å². The Morgan fingerprint density at radius 2 is 1.41 bits per heavy atom. The maximum absolute atomic E-state index is 5.25. The average Bonchev–Trinajstić information content (AvgIpc) is 2.88. The molecule has 0 amide bonds. The molecule has 0 N–H and O–H groups in total. The number of hydrogen-bond acceptors (Lipinski definition) is 3. The maximum atomic E-state index is 5.25. The fourth-order valence-electron chi connectivity index (χ4n) is 3.98. The highest BCUT2D eigenvalue weighted by molar-refractivity contribution is 5.91. The Bertz CT molecular complexity index is 1330. The summed E-state index contributed by atoms with van der Waals surface area (Å²) in [5.74, 6) is 0.881. The van der Waals surface area contributed by atoms with Gasteiger partial charge in [0.1, 0.15) is 5.75 Å². The molecular weight excluding hydrogens is 392 g/mol. The molecule has 0 aliphatic carbocycles. The van der Waals surface area contributed by atoms with E-state index in [1.165, 1.54) is 5.56 Å². The predicted molar refractivity (Wildman–Crippen MR) is 131 cm³/mol. The minimum absolute atomic E-state index is 0.878. The van der Waals surface area contributed by atoms with Crippen LogP contribution in [0.15, 0.2) is 103 Å². The third-order valence-electron chi connectivity index (χ3n) is 5.72. The predicted octanol–water partition coefficient (Wildman–Crippen LogP) is 6.76. The van der Waals surface area contributed by atoms with Gasteiger partial charge in [0, 0.05) is 22.2 Å². The number of pyridine rings is 2. The molecule has 3 aromatic carbocycles. The van der Waals surface area contributed by atoms with Gasteiger partial charge in [-0.25, -0.2) is 4.98 Å². The number of hydrogen-bond donors (Lipinski definition) is 0. The van der Waals surface area contributed by atoms with Crippen molar-refractivity contribution in [2.24, 2.45) is 0 Å². The Morgan fingerprint density at radius 3 is 2.09 bits per heavy atom. The average molecular weight is 417 g/mol. The zero-order chi connectivity index (χ0) is 21.8. The van der Waals surface area contributed by atoms with Gasteiger partial charge < -0.3 is 4.74 Å². The summed E-state index contributed by atoms with van der Waals surface area (Å²) in [6.07, 6.45) is 3.72. The summed E-state index contributed by atoms with van der Waals surface area (Å²) >= 11 is 0. The van der Waals surface area contributed by atoms with E-state index >= 15 is 0 Å². The zero-order valence-electron chi connectivity index (χ0n) is 18.0. The van der Waals surface area contributed by atoms with Crippen LogP contribution in [0.4, 0.5) is 0 Å². The van der Waals surface area contributed by atoms with E-state index < -0.39 is 0 Å². The van der Waals surface area contributed by atoms with E-state index in [9.17, 15) is 0 Å². The molecule has 0 saturated heterocycles. The van der Waals surface area contributed by atoms with Gasteiger partial charge in [-0.3, -0.25) is 4.98 Å². The second-order valence-electron chi connectivity index (χ2n) is 7.83. The van der Waals surface area contributed by atoms with Crippen LogP contribution in [0.1, 0.15) is 11.3 Å². The summed E-state index contributed by atoms with van der Waals surface area (Å²) in [4.78, 5) is 9.73. The lowest BCUT2D eigenvalue weighted by Crippen LogP contribution is -1.97. The molecular formula is C29H24N2O. The molecule has 0 radical (unpaired) electrons. The quantitative estimate of drug-likeness (QED) is 0.307. The largest absolute Gasteiger partial charge is 0.497 e. The van der Waals surface area contributed by atoms with Crippen molar-refractivity contribution in [2.45, 2.75) is 12.8 Å². The van der Waals surface area contributed by atoms with E-state index in [0.717, 1.165) is 57.6 Å². The monoisotopic (exact) mass is 416 g/mol. The van der Waals surface area contributed by atoms with Gasteiger partial charge in [-0.15, -0.1) is 0 Å².